The van der Waals surface area contributed by atoms with Crippen LogP contribution in [-0.2, 0) is 0 Å². The fraction of sp³-hybridized carbons (Fsp3) is 0.0638. The van der Waals surface area contributed by atoms with Gasteiger partial charge in [-0.2, -0.15) is 0 Å². The quantitative estimate of drug-likeness (QED) is 0.192. The molecule has 48 heavy (non-hydrogen) atoms. The van der Waals surface area contributed by atoms with Crippen molar-refractivity contribution in [1.29, 1.82) is 0 Å². The molecule has 1 nitrogen and oxygen atoms in total. The normalized spacial score (nSPS) is 16.2. The molecule has 1 aliphatic carbocycles. The van der Waals surface area contributed by atoms with Gasteiger partial charge >= 0.3 is 0 Å². The first kappa shape index (κ1) is 30.7. The molecular weight excluding hydrogens is 581 g/mol. The number of furan rings is 1. The van der Waals surface area contributed by atoms with Crippen molar-refractivity contribution in [2.45, 2.75) is 13.8 Å². The van der Waals surface area contributed by atoms with E-state index >= 15 is 0 Å². The molecule has 0 saturated carbocycles. The Morgan fingerprint density at radius 2 is 1.29 bits per heavy atom. The maximum atomic E-state index is 6.73. The van der Waals surface area contributed by atoms with Crippen molar-refractivity contribution in [2.24, 2.45) is 5.92 Å². The van der Waals surface area contributed by atoms with E-state index in [0.717, 1.165) is 70.6 Å². The number of fused-ring (bicyclic) bond motifs is 2. The minimum atomic E-state index is 0.269. The zero-order valence-electron chi connectivity index (χ0n) is 27.5. The average Bonchev–Trinajstić information content (AvgIpc) is 3.50. The maximum absolute atomic E-state index is 6.73. The number of para-hydroxylation sites is 1. The van der Waals surface area contributed by atoms with Crippen LogP contribution in [0.25, 0.3) is 62.2 Å². The van der Waals surface area contributed by atoms with Gasteiger partial charge in [-0.1, -0.05) is 166 Å². The second-order valence-corrected chi connectivity index (χ2v) is 12.3. The molecule has 1 aliphatic rings. The molecule has 1 atom stereocenters. The third-order valence-corrected chi connectivity index (χ3v) is 9.20. The first-order valence-corrected chi connectivity index (χ1v) is 16.5. The van der Waals surface area contributed by atoms with Gasteiger partial charge in [-0.05, 0) is 79.7 Å². The van der Waals surface area contributed by atoms with Crippen LogP contribution in [-0.4, -0.2) is 0 Å². The van der Waals surface area contributed by atoms with Crippen LogP contribution >= 0.6 is 0 Å². The summed E-state index contributed by atoms with van der Waals surface area (Å²) >= 11 is 0. The van der Waals surface area contributed by atoms with Gasteiger partial charge in [0.1, 0.15) is 11.0 Å². The Bertz CT molecular complexity index is 2560. The highest BCUT2D eigenvalue weighted by Crippen LogP contribution is 2.28. The Hall–Kier alpha value is -5.92. The lowest BCUT2D eigenvalue weighted by molar-refractivity contribution is 0.571. The summed E-state index contributed by atoms with van der Waals surface area (Å²) in [5.41, 5.74) is 9.53. The predicted molar refractivity (Wildman–Crippen MR) is 206 cm³/mol. The molecule has 0 radical (unpaired) electrons. The molecule has 232 valence electrons. The van der Waals surface area contributed by atoms with E-state index < -0.39 is 0 Å². The molecule has 5 aromatic carbocycles. The number of allylic oxidation sites excluding steroid dienone is 5. The molecule has 1 unspecified atom stereocenters. The van der Waals surface area contributed by atoms with Crippen molar-refractivity contribution >= 4 is 51.1 Å². The van der Waals surface area contributed by atoms with Crippen LogP contribution in [0.4, 0.5) is 0 Å². The third-order valence-electron chi connectivity index (χ3n) is 9.20. The lowest BCUT2D eigenvalue weighted by Gasteiger charge is -2.11. The predicted octanol–water partition coefficient (Wildman–Crippen LogP) is 9.41. The zero-order valence-corrected chi connectivity index (χ0v) is 27.5. The zero-order chi connectivity index (χ0) is 33.0. The molecule has 0 N–H and O–H groups in total. The van der Waals surface area contributed by atoms with Gasteiger partial charge in [-0.25, -0.2) is 0 Å². The van der Waals surface area contributed by atoms with E-state index in [-0.39, 0.29) is 5.92 Å². The van der Waals surface area contributed by atoms with E-state index in [0.29, 0.717) is 0 Å². The van der Waals surface area contributed by atoms with Crippen molar-refractivity contribution in [1.82, 2.24) is 0 Å². The van der Waals surface area contributed by atoms with Crippen LogP contribution in [0.15, 0.2) is 169 Å². The molecule has 1 aromatic heterocycles. The van der Waals surface area contributed by atoms with E-state index in [2.05, 4.69) is 179 Å². The fourth-order valence-corrected chi connectivity index (χ4v) is 6.67. The summed E-state index contributed by atoms with van der Waals surface area (Å²) in [5, 5.41) is 6.52. The van der Waals surface area contributed by atoms with E-state index in [9.17, 15) is 0 Å². The van der Waals surface area contributed by atoms with Gasteiger partial charge in [0.15, 0.2) is 0 Å². The third kappa shape index (κ3) is 5.99. The lowest BCUT2D eigenvalue weighted by Crippen LogP contribution is -2.27. The summed E-state index contributed by atoms with van der Waals surface area (Å²) in [6, 6.07) is 46.5. The molecule has 0 aliphatic heterocycles. The molecular formula is C47H38O. The minimum absolute atomic E-state index is 0.269. The Labute approximate surface area is 282 Å². The van der Waals surface area contributed by atoms with Gasteiger partial charge in [0.05, 0.1) is 0 Å². The van der Waals surface area contributed by atoms with Gasteiger partial charge in [-0.15, -0.1) is 0 Å². The van der Waals surface area contributed by atoms with Gasteiger partial charge in [-0.3, -0.25) is 0 Å². The van der Waals surface area contributed by atoms with Gasteiger partial charge in [0, 0.05) is 22.1 Å². The minimum Gasteiger partial charge on any atom is -0.456 e. The summed E-state index contributed by atoms with van der Waals surface area (Å²) in [5.74, 6) is 0.269. The molecule has 7 rings (SSSR count). The standard InChI is InChI=1S/C47H38O/c1-32-18-12-13-22-40(32)46-44-26-16-17-27-45(44)48-47(46)35(4)41-23-11-6-5-10-21-39(42-24-14-15-25-43(41)42)34(3)31-37-28-29-38(30-33(37)2)36-19-8-7-9-20-36/h5-32H,2-3H2,1,4H3/b6-5?,10-5?,11-6?,21-10?,23-11?,37-31-,39-21?,41-23?,42-39?,43-41?,46-40-,47-35-. The van der Waals surface area contributed by atoms with Crippen LogP contribution in [0.3, 0.4) is 0 Å². The Balaban J connectivity index is 1.49. The second-order valence-electron chi connectivity index (χ2n) is 12.3. The number of hydrogen-bond acceptors (Lipinski definition) is 1. The van der Waals surface area contributed by atoms with Crippen molar-refractivity contribution in [3.05, 3.63) is 197 Å². The van der Waals surface area contributed by atoms with Crippen molar-refractivity contribution < 1.29 is 4.42 Å². The molecule has 1 heterocycles. The molecule has 0 spiro atoms. The summed E-state index contributed by atoms with van der Waals surface area (Å²) in [7, 11) is 0. The van der Waals surface area contributed by atoms with Crippen molar-refractivity contribution in [3.63, 3.8) is 0 Å². The first-order chi connectivity index (χ1) is 23.5. The molecule has 0 amide bonds. The molecule has 1 heteroatoms. The van der Waals surface area contributed by atoms with E-state index in [1.807, 2.05) is 12.1 Å². The maximum Gasteiger partial charge on any atom is 0.139 e. The Morgan fingerprint density at radius 3 is 2.02 bits per heavy atom. The van der Waals surface area contributed by atoms with Crippen molar-refractivity contribution in [3.8, 4) is 11.1 Å². The Kier molecular flexibility index (Phi) is 8.60. The monoisotopic (exact) mass is 618 g/mol. The lowest BCUT2D eigenvalue weighted by atomic mass is 9.92. The van der Waals surface area contributed by atoms with E-state index in [4.69, 9.17) is 4.42 Å². The molecule has 6 aromatic rings. The van der Waals surface area contributed by atoms with Crippen LogP contribution in [0, 0.1) is 5.92 Å². The highest BCUT2D eigenvalue weighted by atomic mass is 16.3. The highest BCUT2D eigenvalue weighted by molar-refractivity contribution is 6.03. The highest BCUT2D eigenvalue weighted by Gasteiger charge is 2.15. The van der Waals surface area contributed by atoms with Gasteiger partial charge in [0.25, 0.3) is 0 Å². The molecule has 0 bridgehead atoms. The smallest absolute Gasteiger partial charge is 0.139 e. The SMILES string of the molecule is C=C(/C=c1/ccc(-c2ccccc2)cc1=C)c1ccccccc(/C(C)=c2\oc3ccccc3\c2=C2/C=CC=CC2C)c2ccccc12. The topological polar surface area (TPSA) is 13.1 Å². The van der Waals surface area contributed by atoms with Crippen molar-refractivity contribution in [2.75, 3.05) is 0 Å². The van der Waals surface area contributed by atoms with Crippen LogP contribution in [0.1, 0.15) is 25.0 Å². The first-order valence-electron chi connectivity index (χ1n) is 16.5. The summed E-state index contributed by atoms with van der Waals surface area (Å²) in [6.07, 6.45) is 10.9. The molecule has 0 fully saturated rings. The number of benzene rings is 4. The number of hydrogen-bond donors (Lipinski definition) is 0. The van der Waals surface area contributed by atoms with Gasteiger partial charge < -0.3 is 4.42 Å². The summed E-state index contributed by atoms with van der Waals surface area (Å²) in [4.78, 5) is 0. The summed E-state index contributed by atoms with van der Waals surface area (Å²) < 4.78 is 6.73. The van der Waals surface area contributed by atoms with Gasteiger partial charge in [0.2, 0.25) is 0 Å². The van der Waals surface area contributed by atoms with Crippen LogP contribution < -0.4 is 21.1 Å². The van der Waals surface area contributed by atoms with Crippen LogP contribution in [0.5, 0.6) is 0 Å². The van der Waals surface area contributed by atoms with E-state index in [1.54, 1.807) is 0 Å². The van der Waals surface area contributed by atoms with E-state index in [1.165, 1.54) is 11.1 Å². The average molecular weight is 619 g/mol. The largest absolute Gasteiger partial charge is 0.456 e. The summed E-state index contributed by atoms with van der Waals surface area (Å²) in [6.45, 7) is 13.4. The fourth-order valence-electron chi connectivity index (χ4n) is 6.67. The molecule has 0 saturated heterocycles. The van der Waals surface area contributed by atoms with Crippen LogP contribution in [0.2, 0.25) is 0 Å². The second kappa shape index (κ2) is 13.4. The Morgan fingerprint density at radius 1 is 0.667 bits per heavy atom. The number of rotatable bonds is 4.